The summed E-state index contributed by atoms with van der Waals surface area (Å²) in [6.45, 7) is 4.58. The Balaban J connectivity index is 1.38. The third-order valence-electron chi connectivity index (χ3n) is 5.17. The van der Waals surface area contributed by atoms with Gasteiger partial charge in [0.25, 0.3) is 0 Å². The average molecular weight is 400 g/mol. The van der Waals surface area contributed by atoms with Gasteiger partial charge in [0.1, 0.15) is 11.5 Å². The highest BCUT2D eigenvalue weighted by Crippen LogP contribution is 2.18. The molecule has 0 spiro atoms. The molecule has 0 amide bonds. The first-order chi connectivity index (χ1) is 14.5. The number of Topliss-reactive ketones (excluding diaryl/α,β-unsaturated/α-hetero) is 1. The van der Waals surface area contributed by atoms with E-state index in [1.165, 1.54) is 0 Å². The normalized spacial score (nSPS) is 11.0. The van der Waals surface area contributed by atoms with Crippen molar-refractivity contribution in [2.24, 2.45) is 0 Å². The van der Waals surface area contributed by atoms with Crippen LogP contribution in [0, 0.1) is 13.8 Å². The standard InChI is InChI=1S/C23H24N6O/c1-16-12-23(24)27-17(2)20(16)8-9-22(30)21-14-28(15-25-21)13-18-4-6-19(7-5-18)29-11-3-10-26-29/h3-7,10-12,14-15H,8-9,13H2,1-2H3,(H2,24,27). The minimum atomic E-state index is 0.0263. The summed E-state index contributed by atoms with van der Waals surface area (Å²) in [5.74, 6) is 0.537. The topological polar surface area (TPSA) is 91.6 Å². The van der Waals surface area contributed by atoms with Crippen molar-refractivity contribution >= 4 is 11.6 Å². The predicted octanol–water partition coefficient (Wildman–Crippen LogP) is 3.53. The Hall–Kier alpha value is -3.74. The van der Waals surface area contributed by atoms with Crippen LogP contribution in [-0.2, 0) is 13.0 Å². The zero-order valence-electron chi connectivity index (χ0n) is 17.1. The van der Waals surface area contributed by atoms with Crippen molar-refractivity contribution in [3.63, 3.8) is 0 Å². The molecule has 4 aromatic rings. The number of ketones is 1. The van der Waals surface area contributed by atoms with E-state index in [4.69, 9.17) is 5.73 Å². The molecule has 0 radical (unpaired) electrons. The lowest BCUT2D eigenvalue weighted by Crippen LogP contribution is -2.06. The maximum absolute atomic E-state index is 12.6. The summed E-state index contributed by atoms with van der Waals surface area (Å²) in [5.41, 5.74) is 11.4. The maximum Gasteiger partial charge on any atom is 0.183 e. The van der Waals surface area contributed by atoms with E-state index in [9.17, 15) is 4.79 Å². The third-order valence-corrected chi connectivity index (χ3v) is 5.17. The number of carbonyl (C=O) groups is 1. The molecular weight excluding hydrogens is 376 g/mol. The Morgan fingerprint density at radius 2 is 1.97 bits per heavy atom. The van der Waals surface area contributed by atoms with Crippen LogP contribution in [0.3, 0.4) is 0 Å². The Morgan fingerprint density at radius 3 is 2.67 bits per heavy atom. The lowest BCUT2D eigenvalue weighted by Gasteiger charge is -2.09. The second-order valence-electron chi connectivity index (χ2n) is 7.40. The van der Waals surface area contributed by atoms with Gasteiger partial charge in [-0.15, -0.1) is 0 Å². The van der Waals surface area contributed by atoms with Gasteiger partial charge in [0, 0.05) is 37.3 Å². The molecule has 7 nitrogen and oxygen atoms in total. The molecule has 0 unspecified atom stereocenters. The van der Waals surface area contributed by atoms with E-state index >= 15 is 0 Å². The van der Waals surface area contributed by atoms with Gasteiger partial charge in [0.05, 0.1) is 12.0 Å². The molecule has 0 bridgehead atoms. The average Bonchev–Trinajstić information content (AvgIpc) is 3.40. The monoisotopic (exact) mass is 400 g/mol. The molecular formula is C23H24N6O. The highest BCUT2D eigenvalue weighted by molar-refractivity contribution is 5.94. The summed E-state index contributed by atoms with van der Waals surface area (Å²) in [6.07, 6.45) is 8.20. The minimum absolute atomic E-state index is 0.0263. The number of pyridine rings is 1. The number of nitrogens with zero attached hydrogens (tertiary/aromatic N) is 5. The van der Waals surface area contributed by atoms with E-state index < -0.39 is 0 Å². The lowest BCUT2D eigenvalue weighted by atomic mass is 10.0. The number of anilines is 1. The fraction of sp³-hybridized carbons (Fsp3) is 0.217. The molecule has 4 rings (SSSR count). The van der Waals surface area contributed by atoms with E-state index in [0.717, 1.165) is 28.1 Å². The molecule has 30 heavy (non-hydrogen) atoms. The lowest BCUT2D eigenvalue weighted by molar-refractivity contribution is 0.0978. The summed E-state index contributed by atoms with van der Waals surface area (Å²) >= 11 is 0. The van der Waals surface area contributed by atoms with Crippen molar-refractivity contribution in [2.45, 2.75) is 33.2 Å². The van der Waals surface area contributed by atoms with Crippen LogP contribution in [-0.4, -0.2) is 30.1 Å². The second-order valence-corrected chi connectivity index (χ2v) is 7.40. The van der Waals surface area contributed by atoms with Gasteiger partial charge < -0.3 is 10.3 Å². The van der Waals surface area contributed by atoms with Crippen molar-refractivity contribution in [3.8, 4) is 5.69 Å². The highest BCUT2D eigenvalue weighted by Gasteiger charge is 2.13. The minimum Gasteiger partial charge on any atom is -0.384 e. The van der Waals surface area contributed by atoms with Gasteiger partial charge in [-0.1, -0.05) is 12.1 Å². The Bertz CT molecular complexity index is 1140. The van der Waals surface area contributed by atoms with Crippen molar-refractivity contribution in [1.29, 1.82) is 0 Å². The number of nitrogens with two attached hydrogens (primary N) is 1. The molecule has 152 valence electrons. The highest BCUT2D eigenvalue weighted by atomic mass is 16.1. The van der Waals surface area contributed by atoms with E-state index in [1.807, 2.05) is 59.8 Å². The molecule has 3 aromatic heterocycles. The van der Waals surface area contributed by atoms with E-state index in [1.54, 1.807) is 12.5 Å². The first kappa shape index (κ1) is 19.6. The SMILES string of the molecule is Cc1cc(N)nc(C)c1CCC(=O)c1cn(Cc2ccc(-n3cccn3)cc2)cn1. The molecule has 7 heteroatoms. The molecule has 0 saturated heterocycles. The van der Waals surface area contributed by atoms with Crippen molar-refractivity contribution in [2.75, 3.05) is 5.73 Å². The number of benzene rings is 1. The summed E-state index contributed by atoms with van der Waals surface area (Å²) < 4.78 is 3.75. The van der Waals surface area contributed by atoms with Gasteiger partial charge in [-0.25, -0.2) is 14.6 Å². The van der Waals surface area contributed by atoms with Crippen LogP contribution >= 0.6 is 0 Å². The Labute approximate surface area is 175 Å². The fourth-order valence-corrected chi connectivity index (χ4v) is 3.61. The smallest absolute Gasteiger partial charge is 0.183 e. The number of aryl methyl sites for hydroxylation is 2. The molecule has 1 aromatic carbocycles. The third kappa shape index (κ3) is 4.30. The summed E-state index contributed by atoms with van der Waals surface area (Å²) in [4.78, 5) is 21.2. The van der Waals surface area contributed by atoms with Crippen LogP contribution in [0.15, 0.2) is 61.3 Å². The number of aromatic nitrogens is 5. The molecule has 0 atom stereocenters. The molecule has 3 heterocycles. The Morgan fingerprint density at radius 1 is 1.17 bits per heavy atom. The molecule has 0 saturated carbocycles. The molecule has 0 aliphatic heterocycles. The van der Waals surface area contributed by atoms with Gasteiger partial charge in [0.2, 0.25) is 0 Å². The molecule has 0 aliphatic carbocycles. The first-order valence-corrected chi connectivity index (χ1v) is 9.86. The van der Waals surface area contributed by atoms with Gasteiger partial charge in [-0.3, -0.25) is 4.79 Å². The van der Waals surface area contributed by atoms with Gasteiger partial charge in [0.15, 0.2) is 5.78 Å². The Kier molecular flexibility index (Phi) is 5.43. The van der Waals surface area contributed by atoms with Crippen molar-refractivity contribution in [1.82, 2.24) is 24.3 Å². The largest absolute Gasteiger partial charge is 0.384 e. The van der Waals surface area contributed by atoms with E-state index in [-0.39, 0.29) is 5.78 Å². The van der Waals surface area contributed by atoms with Crippen molar-refractivity contribution in [3.05, 3.63) is 89.4 Å². The zero-order chi connectivity index (χ0) is 21.1. The maximum atomic E-state index is 12.6. The van der Waals surface area contributed by atoms with Crippen LogP contribution in [0.5, 0.6) is 0 Å². The van der Waals surface area contributed by atoms with Crippen LogP contribution in [0.25, 0.3) is 5.69 Å². The molecule has 0 fully saturated rings. The van der Waals surface area contributed by atoms with Gasteiger partial charge in [-0.2, -0.15) is 5.10 Å². The number of hydrogen-bond acceptors (Lipinski definition) is 5. The number of carbonyl (C=O) groups excluding carboxylic acids is 1. The van der Waals surface area contributed by atoms with Gasteiger partial charge in [-0.05, 0) is 61.2 Å². The van der Waals surface area contributed by atoms with Crippen molar-refractivity contribution < 1.29 is 4.79 Å². The number of hydrogen-bond donors (Lipinski definition) is 1. The van der Waals surface area contributed by atoms with E-state index in [2.05, 4.69) is 27.2 Å². The van der Waals surface area contributed by atoms with Gasteiger partial charge >= 0.3 is 0 Å². The first-order valence-electron chi connectivity index (χ1n) is 9.86. The van der Waals surface area contributed by atoms with Crippen LogP contribution in [0.1, 0.15) is 39.3 Å². The number of imidazole rings is 1. The zero-order valence-corrected chi connectivity index (χ0v) is 17.1. The predicted molar refractivity (Wildman–Crippen MR) is 116 cm³/mol. The molecule has 2 N–H and O–H groups in total. The summed E-state index contributed by atoms with van der Waals surface area (Å²) in [5, 5.41) is 4.23. The van der Waals surface area contributed by atoms with Crippen LogP contribution in [0.2, 0.25) is 0 Å². The van der Waals surface area contributed by atoms with E-state index in [0.29, 0.717) is 30.9 Å². The fourth-order valence-electron chi connectivity index (χ4n) is 3.61. The number of rotatable bonds is 7. The number of nitrogen functional groups attached to an aromatic ring is 1. The molecule has 0 aliphatic rings. The summed E-state index contributed by atoms with van der Waals surface area (Å²) in [7, 11) is 0. The summed E-state index contributed by atoms with van der Waals surface area (Å²) in [6, 6.07) is 11.9. The second kappa shape index (κ2) is 8.32. The van der Waals surface area contributed by atoms with Crippen LogP contribution < -0.4 is 5.73 Å². The van der Waals surface area contributed by atoms with Crippen LogP contribution in [0.4, 0.5) is 5.82 Å². The quantitative estimate of drug-likeness (QED) is 0.479.